The molecular weight excluding hydrogens is 448 g/mol. The molecule has 0 saturated carbocycles. The number of ether oxygens (including phenoxy) is 3. The Balaban J connectivity index is 1.31. The molecule has 0 unspecified atom stereocenters. The zero-order valence-corrected chi connectivity index (χ0v) is 18.9. The Hall–Kier alpha value is -3.08. The van der Waals surface area contributed by atoms with Gasteiger partial charge in [-0.3, -0.25) is 4.79 Å². The van der Waals surface area contributed by atoms with Crippen LogP contribution in [0.15, 0.2) is 51.8 Å². The first-order chi connectivity index (χ1) is 15.9. The van der Waals surface area contributed by atoms with E-state index in [2.05, 4.69) is 5.32 Å². The van der Waals surface area contributed by atoms with Gasteiger partial charge in [-0.15, -0.1) is 0 Å². The molecule has 1 aromatic heterocycles. The van der Waals surface area contributed by atoms with Crippen molar-refractivity contribution >= 4 is 26.9 Å². The van der Waals surface area contributed by atoms with Crippen molar-refractivity contribution in [2.45, 2.75) is 17.9 Å². The van der Waals surface area contributed by atoms with Crippen LogP contribution in [0.1, 0.15) is 16.1 Å². The first-order valence-electron chi connectivity index (χ1n) is 10.7. The lowest BCUT2D eigenvalue weighted by atomic mass is 10.1. The molecule has 0 bridgehead atoms. The van der Waals surface area contributed by atoms with Gasteiger partial charge in [-0.05, 0) is 37.3 Å². The van der Waals surface area contributed by atoms with E-state index in [9.17, 15) is 13.2 Å². The number of morpholine rings is 1. The minimum atomic E-state index is -3.65. The lowest BCUT2D eigenvalue weighted by Crippen LogP contribution is -2.40. The molecule has 9 nitrogen and oxygen atoms in total. The highest BCUT2D eigenvalue weighted by Crippen LogP contribution is 2.31. The number of aryl methyl sites for hydroxylation is 1. The third kappa shape index (κ3) is 4.17. The highest BCUT2D eigenvalue weighted by atomic mass is 32.2. The molecule has 1 fully saturated rings. The predicted molar refractivity (Wildman–Crippen MR) is 119 cm³/mol. The molecule has 1 amide bonds. The van der Waals surface area contributed by atoms with Crippen LogP contribution in [0.5, 0.6) is 11.5 Å². The van der Waals surface area contributed by atoms with Crippen LogP contribution in [0.4, 0.5) is 0 Å². The van der Waals surface area contributed by atoms with E-state index >= 15 is 0 Å². The number of para-hydroxylation sites is 2. The lowest BCUT2D eigenvalue weighted by Gasteiger charge is -2.26. The molecule has 2 aromatic carbocycles. The summed E-state index contributed by atoms with van der Waals surface area (Å²) in [4.78, 5) is 13.0. The molecule has 2 aliphatic heterocycles. The Morgan fingerprint density at radius 3 is 2.67 bits per heavy atom. The third-order valence-electron chi connectivity index (χ3n) is 5.78. The molecule has 1 N–H and O–H groups in total. The van der Waals surface area contributed by atoms with Crippen molar-refractivity contribution in [1.29, 1.82) is 0 Å². The van der Waals surface area contributed by atoms with Crippen molar-refractivity contribution in [2.24, 2.45) is 0 Å². The molecular formula is C23H24N2O7S. The number of carbonyl (C=O) groups is 1. The van der Waals surface area contributed by atoms with Crippen molar-refractivity contribution in [3.63, 3.8) is 0 Å². The van der Waals surface area contributed by atoms with Crippen LogP contribution in [-0.2, 0) is 14.8 Å². The summed E-state index contributed by atoms with van der Waals surface area (Å²) in [6, 6.07) is 12.0. The standard InChI is InChI=1S/C23H24N2O7S/c1-15-18-12-17(33(27,28)25-8-10-29-11-9-25)6-7-19(18)32-22(15)23(26)24-13-16-14-30-20-4-2-3-5-21(20)31-16/h2-7,12,16H,8-11,13-14H2,1H3,(H,24,26)/t16-/m1/s1. The topological polar surface area (TPSA) is 107 Å². The van der Waals surface area contributed by atoms with E-state index in [1.54, 1.807) is 19.1 Å². The van der Waals surface area contributed by atoms with Crippen molar-refractivity contribution in [3.8, 4) is 11.5 Å². The molecule has 10 heteroatoms. The van der Waals surface area contributed by atoms with E-state index in [-0.39, 0.29) is 23.3 Å². The number of carbonyl (C=O) groups excluding carboxylic acids is 1. The summed E-state index contributed by atoms with van der Waals surface area (Å²) >= 11 is 0. The summed E-state index contributed by atoms with van der Waals surface area (Å²) in [7, 11) is -3.65. The van der Waals surface area contributed by atoms with Gasteiger partial charge in [-0.25, -0.2) is 8.42 Å². The van der Waals surface area contributed by atoms with Gasteiger partial charge < -0.3 is 23.9 Å². The number of benzene rings is 2. The van der Waals surface area contributed by atoms with Crippen molar-refractivity contribution in [2.75, 3.05) is 39.5 Å². The average Bonchev–Trinajstić information content (AvgIpc) is 3.19. The van der Waals surface area contributed by atoms with Gasteiger partial charge in [0.05, 0.1) is 24.7 Å². The first-order valence-corrected chi connectivity index (χ1v) is 12.2. The van der Waals surface area contributed by atoms with Gasteiger partial charge in [0.15, 0.2) is 17.3 Å². The van der Waals surface area contributed by atoms with Crippen LogP contribution in [0.3, 0.4) is 0 Å². The van der Waals surface area contributed by atoms with Gasteiger partial charge in [-0.2, -0.15) is 4.31 Å². The van der Waals surface area contributed by atoms with Gasteiger partial charge >= 0.3 is 0 Å². The van der Waals surface area contributed by atoms with E-state index < -0.39 is 15.9 Å². The largest absolute Gasteiger partial charge is 0.486 e. The predicted octanol–water partition coefficient (Wildman–Crippen LogP) is 2.33. The number of nitrogens with one attached hydrogen (secondary N) is 1. The Morgan fingerprint density at radius 1 is 1.12 bits per heavy atom. The molecule has 0 spiro atoms. The summed E-state index contributed by atoms with van der Waals surface area (Å²) in [5.74, 6) is 1.06. The van der Waals surface area contributed by atoms with Gasteiger partial charge in [0.25, 0.3) is 5.91 Å². The van der Waals surface area contributed by atoms with E-state index in [0.717, 1.165) is 0 Å². The van der Waals surface area contributed by atoms with Crippen LogP contribution in [-0.4, -0.2) is 64.2 Å². The zero-order valence-electron chi connectivity index (χ0n) is 18.1. The molecule has 5 rings (SSSR count). The van der Waals surface area contributed by atoms with Crippen LogP contribution in [0.25, 0.3) is 11.0 Å². The normalized spacial score (nSPS) is 18.9. The SMILES string of the molecule is Cc1c(C(=O)NC[C@@H]2COc3ccccc3O2)oc2ccc(S(=O)(=O)N3CCOCC3)cc12. The smallest absolute Gasteiger partial charge is 0.287 e. The minimum absolute atomic E-state index is 0.142. The van der Waals surface area contributed by atoms with Crippen molar-refractivity contribution < 1.29 is 31.8 Å². The molecule has 3 heterocycles. The number of fused-ring (bicyclic) bond motifs is 2. The summed E-state index contributed by atoms with van der Waals surface area (Å²) < 4.78 is 49.9. The van der Waals surface area contributed by atoms with Gasteiger partial charge in [-0.1, -0.05) is 12.1 Å². The molecule has 1 saturated heterocycles. The Kier molecular flexibility index (Phi) is 5.73. The number of hydrogen-bond acceptors (Lipinski definition) is 7. The average molecular weight is 473 g/mol. The minimum Gasteiger partial charge on any atom is -0.486 e. The monoisotopic (exact) mass is 472 g/mol. The number of amides is 1. The first kappa shape index (κ1) is 21.7. The fourth-order valence-electron chi connectivity index (χ4n) is 3.96. The molecule has 174 valence electrons. The highest BCUT2D eigenvalue weighted by molar-refractivity contribution is 7.89. The molecule has 2 aliphatic rings. The fraction of sp³-hybridized carbons (Fsp3) is 0.348. The number of furan rings is 1. The number of hydrogen-bond donors (Lipinski definition) is 1. The maximum Gasteiger partial charge on any atom is 0.287 e. The second kappa shape index (κ2) is 8.69. The van der Waals surface area contributed by atoms with Crippen molar-refractivity contribution in [3.05, 3.63) is 53.8 Å². The third-order valence-corrected chi connectivity index (χ3v) is 7.67. The van der Waals surface area contributed by atoms with E-state index in [1.807, 2.05) is 24.3 Å². The second-order valence-electron chi connectivity index (χ2n) is 7.94. The summed E-state index contributed by atoms with van der Waals surface area (Å²) in [6.45, 7) is 3.67. The summed E-state index contributed by atoms with van der Waals surface area (Å²) in [5.41, 5.74) is 1.03. The van der Waals surface area contributed by atoms with Gasteiger partial charge in [0.1, 0.15) is 18.3 Å². The van der Waals surface area contributed by atoms with Crippen LogP contribution >= 0.6 is 0 Å². The Labute approximate surface area is 191 Å². The fourth-order valence-corrected chi connectivity index (χ4v) is 5.40. The maximum absolute atomic E-state index is 13.0. The van der Waals surface area contributed by atoms with Crippen molar-refractivity contribution in [1.82, 2.24) is 9.62 Å². The Morgan fingerprint density at radius 2 is 1.88 bits per heavy atom. The van der Waals surface area contributed by atoms with Crippen LogP contribution < -0.4 is 14.8 Å². The molecule has 0 aliphatic carbocycles. The molecule has 0 radical (unpaired) electrons. The van der Waals surface area contributed by atoms with E-state index in [0.29, 0.717) is 60.9 Å². The highest BCUT2D eigenvalue weighted by Gasteiger charge is 2.28. The van der Waals surface area contributed by atoms with E-state index in [1.165, 1.54) is 10.4 Å². The van der Waals surface area contributed by atoms with Crippen LogP contribution in [0.2, 0.25) is 0 Å². The quantitative estimate of drug-likeness (QED) is 0.607. The summed E-state index contributed by atoms with van der Waals surface area (Å²) in [5, 5.41) is 3.40. The lowest BCUT2D eigenvalue weighted by molar-refractivity contribution is 0.0730. The van der Waals surface area contributed by atoms with Crippen LogP contribution in [0, 0.1) is 6.92 Å². The summed E-state index contributed by atoms with van der Waals surface area (Å²) in [6.07, 6.45) is -0.334. The molecule has 33 heavy (non-hydrogen) atoms. The maximum atomic E-state index is 13.0. The second-order valence-corrected chi connectivity index (χ2v) is 9.88. The molecule has 3 aromatic rings. The van der Waals surface area contributed by atoms with Gasteiger partial charge in [0.2, 0.25) is 10.0 Å². The number of rotatable bonds is 5. The Bertz CT molecular complexity index is 1300. The van der Waals surface area contributed by atoms with E-state index in [4.69, 9.17) is 18.6 Å². The zero-order chi connectivity index (χ0) is 23.0. The molecule has 1 atom stereocenters. The number of sulfonamides is 1. The van der Waals surface area contributed by atoms with Gasteiger partial charge in [0, 0.05) is 24.0 Å². The number of nitrogens with zero attached hydrogens (tertiary/aromatic N) is 1.